The number of alkyl halides is 6. The number of benzene rings is 4. The second kappa shape index (κ2) is 18.8. The van der Waals surface area contributed by atoms with Crippen LogP contribution in [0.5, 0.6) is 0 Å². The Bertz CT molecular complexity index is 2820. The zero-order valence-electron chi connectivity index (χ0n) is 31.7. The molecule has 8 aromatic rings. The van der Waals surface area contributed by atoms with Crippen LogP contribution in [-0.2, 0) is 12.4 Å². The van der Waals surface area contributed by atoms with Crippen molar-refractivity contribution >= 4 is 97.1 Å². The van der Waals surface area contributed by atoms with Crippen LogP contribution in [0.15, 0.2) is 122 Å². The van der Waals surface area contributed by atoms with Crippen molar-refractivity contribution in [3.63, 3.8) is 0 Å². The monoisotopic (exact) mass is 894 g/mol. The molecule has 0 aliphatic heterocycles. The van der Waals surface area contributed by atoms with Crippen molar-refractivity contribution in [1.82, 2.24) is 29.9 Å². The van der Waals surface area contributed by atoms with E-state index in [4.69, 9.17) is 40.5 Å². The summed E-state index contributed by atoms with van der Waals surface area (Å²) in [5.74, 6) is 0.312. The Morgan fingerprint density at radius 1 is 0.508 bits per heavy atom. The number of rotatable bonds is 6. The van der Waals surface area contributed by atoms with Crippen LogP contribution in [0.25, 0.3) is 21.8 Å². The topological polar surface area (TPSA) is 139 Å². The Balaban J connectivity index is 0.000000170. The molecule has 0 unspecified atom stereocenters. The van der Waals surface area contributed by atoms with Crippen LogP contribution in [0.1, 0.15) is 22.5 Å². The molecule has 0 fully saturated rings. The number of halogens is 9. The normalized spacial score (nSPS) is 11.3. The van der Waals surface area contributed by atoms with E-state index in [2.05, 4.69) is 45.9 Å². The molecular weight excluding hydrogens is 865 g/mol. The van der Waals surface area contributed by atoms with E-state index in [0.29, 0.717) is 43.8 Å². The van der Waals surface area contributed by atoms with Gasteiger partial charge in [0.15, 0.2) is 0 Å². The molecule has 312 valence electrons. The highest BCUT2D eigenvalue weighted by Gasteiger charge is 2.33. The highest BCUT2D eigenvalue weighted by Crippen LogP contribution is 2.34. The number of aromatic nitrogens is 6. The van der Waals surface area contributed by atoms with E-state index in [9.17, 15) is 26.3 Å². The van der Waals surface area contributed by atoms with Gasteiger partial charge in [-0.15, -0.1) is 0 Å². The van der Waals surface area contributed by atoms with E-state index >= 15 is 0 Å². The first-order chi connectivity index (χ1) is 29.0. The lowest BCUT2D eigenvalue weighted by Crippen LogP contribution is -2.10. The van der Waals surface area contributed by atoms with Crippen LogP contribution in [0.4, 0.5) is 66.8 Å². The summed E-state index contributed by atoms with van der Waals surface area (Å²) in [5.41, 5.74) is 8.96. The number of para-hydroxylation sites is 2. The van der Waals surface area contributed by atoms with Gasteiger partial charge in [0.05, 0.1) is 21.1 Å². The lowest BCUT2D eigenvalue weighted by molar-refractivity contribution is -0.141. The predicted octanol–water partition coefficient (Wildman–Crippen LogP) is 13.2. The molecule has 8 rings (SSSR count). The molecule has 4 heterocycles. The fourth-order valence-corrected chi connectivity index (χ4v) is 6.20. The molecule has 0 amide bonds. The highest BCUT2D eigenvalue weighted by atomic mass is 35.5. The third-order valence-electron chi connectivity index (χ3n) is 8.47. The van der Waals surface area contributed by atoms with Gasteiger partial charge in [-0.3, -0.25) is 0 Å². The summed E-state index contributed by atoms with van der Waals surface area (Å²) < 4.78 is 75.8. The lowest BCUT2D eigenvalue weighted by Gasteiger charge is -2.13. The van der Waals surface area contributed by atoms with Crippen LogP contribution in [0.2, 0.25) is 15.2 Å². The number of hydrogen-bond donors (Lipinski definition) is 4. The van der Waals surface area contributed by atoms with Crippen LogP contribution >= 0.6 is 34.8 Å². The van der Waals surface area contributed by atoms with Gasteiger partial charge in [0.2, 0.25) is 11.9 Å². The van der Waals surface area contributed by atoms with Gasteiger partial charge in [0, 0.05) is 57.0 Å². The number of nitrogens with one attached hydrogen (secondary N) is 3. The summed E-state index contributed by atoms with van der Waals surface area (Å²) in [6.07, 6.45) is -6.93. The number of fused-ring (bicyclic) bond motifs is 2. The van der Waals surface area contributed by atoms with E-state index in [0.717, 1.165) is 57.5 Å². The maximum atomic E-state index is 12.8. The average molecular weight is 896 g/mol. The number of pyridine rings is 2. The number of hydrogen-bond acceptors (Lipinski definition) is 10. The first-order valence-electron chi connectivity index (χ1n) is 17.8. The van der Waals surface area contributed by atoms with Gasteiger partial charge in [0.25, 0.3) is 0 Å². The summed E-state index contributed by atoms with van der Waals surface area (Å²) in [5, 5.41) is 12.2. The molecule has 0 radical (unpaired) electrons. The van der Waals surface area contributed by atoms with Crippen molar-refractivity contribution in [2.75, 3.05) is 21.7 Å². The van der Waals surface area contributed by atoms with Crippen molar-refractivity contribution in [1.29, 1.82) is 0 Å². The fraction of sp³-hybridized carbons (Fsp3) is 0.0952. The van der Waals surface area contributed by atoms with Crippen molar-refractivity contribution in [2.45, 2.75) is 26.2 Å². The Morgan fingerprint density at radius 3 is 1.49 bits per heavy atom. The molecule has 4 aromatic carbocycles. The molecule has 61 heavy (non-hydrogen) atoms. The molecule has 0 spiro atoms. The van der Waals surface area contributed by atoms with Crippen LogP contribution < -0.4 is 21.7 Å². The fourth-order valence-electron chi connectivity index (χ4n) is 5.47. The van der Waals surface area contributed by atoms with Gasteiger partial charge in [-0.1, -0.05) is 83.3 Å². The van der Waals surface area contributed by atoms with Gasteiger partial charge >= 0.3 is 12.4 Å². The second-order valence-corrected chi connectivity index (χ2v) is 14.0. The zero-order chi connectivity index (χ0) is 43.9. The van der Waals surface area contributed by atoms with Crippen LogP contribution in [0, 0.1) is 13.8 Å². The average Bonchev–Trinajstić information content (AvgIpc) is 3.22. The zero-order valence-corrected chi connectivity index (χ0v) is 34.0. The summed E-state index contributed by atoms with van der Waals surface area (Å²) in [6, 6.07) is 30.4. The first kappa shape index (κ1) is 44.1. The van der Waals surface area contributed by atoms with Gasteiger partial charge in [-0.2, -0.15) is 26.3 Å². The van der Waals surface area contributed by atoms with Gasteiger partial charge < -0.3 is 21.7 Å². The van der Waals surface area contributed by atoms with Crippen LogP contribution in [0.3, 0.4) is 0 Å². The van der Waals surface area contributed by atoms with Gasteiger partial charge in [0.1, 0.15) is 22.4 Å². The minimum absolute atomic E-state index is 0.129. The largest absolute Gasteiger partial charge is 0.433 e. The minimum Gasteiger partial charge on any atom is -0.399 e. The molecule has 10 nitrogen and oxygen atoms in total. The van der Waals surface area contributed by atoms with Gasteiger partial charge in [-0.05, 0) is 74.5 Å². The van der Waals surface area contributed by atoms with Crippen molar-refractivity contribution in [3.05, 3.63) is 159 Å². The molecule has 19 heteroatoms. The molecular formula is C42H31Cl3F6N10. The third kappa shape index (κ3) is 11.4. The molecule has 0 saturated carbocycles. The number of nitrogens with two attached hydrogens (primary N) is 1. The molecule has 0 aliphatic rings. The SMILES string of the molecule is Cc1c(Cl)nc2ccccc2c1Cl.Cc1c(Nc2cccc(Nc3nccc(C(F)(F)F)n3)c2)nc2ccccc2c1Cl.Nc1cccc(Nc2nccc(C(F)(F)F)n2)c1. The van der Waals surface area contributed by atoms with E-state index in [1.54, 1.807) is 42.5 Å². The summed E-state index contributed by atoms with van der Waals surface area (Å²) in [7, 11) is 0. The Hall–Kier alpha value is -6.49. The quantitative estimate of drug-likeness (QED) is 0.0724. The van der Waals surface area contributed by atoms with E-state index < -0.39 is 23.7 Å². The predicted molar refractivity (Wildman–Crippen MR) is 229 cm³/mol. The number of nitrogen functional groups attached to an aromatic ring is 1. The minimum atomic E-state index is -4.54. The Morgan fingerprint density at radius 2 is 0.967 bits per heavy atom. The summed E-state index contributed by atoms with van der Waals surface area (Å²) >= 11 is 18.5. The first-order valence-corrected chi connectivity index (χ1v) is 18.9. The molecule has 5 N–H and O–H groups in total. The molecule has 4 aromatic heterocycles. The smallest absolute Gasteiger partial charge is 0.399 e. The maximum Gasteiger partial charge on any atom is 0.433 e. The van der Waals surface area contributed by atoms with E-state index in [-0.39, 0.29) is 11.9 Å². The van der Waals surface area contributed by atoms with Crippen molar-refractivity contribution in [2.24, 2.45) is 0 Å². The summed E-state index contributed by atoms with van der Waals surface area (Å²) in [6.45, 7) is 3.73. The Kier molecular flexibility index (Phi) is 13.6. The standard InChI is InChI=1S/C21H15ClF3N5.C11H9F3N4.C10H7Cl2N/c1-12-18(22)15-7-2-3-8-16(15)29-19(12)27-13-5-4-6-14(11-13)28-20-26-10-9-17(30-20)21(23,24)25;12-11(13,14)9-4-5-16-10(18-9)17-8-3-1-2-7(15)6-8;1-6-9(11)7-4-2-3-5-8(7)13-10(6)12/h2-11H,1H3,(H,27,29)(H,26,28,30);1-6H,15H2,(H,16,17,18);2-5H,1H3. The second-order valence-electron chi connectivity index (χ2n) is 12.9. The van der Waals surface area contributed by atoms with Crippen molar-refractivity contribution in [3.8, 4) is 0 Å². The number of anilines is 7. The molecule has 0 bridgehead atoms. The van der Waals surface area contributed by atoms with Crippen molar-refractivity contribution < 1.29 is 26.3 Å². The maximum absolute atomic E-state index is 12.8. The van der Waals surface area contributed by atoms with E-state index in [1.165, 1.54) is 0 Å². The van der Waals surface area contributed by atoms with Crippen LogP contribution in [-0.4, -0.2) is 29.9 Å². The molecule has 0 atom stereocenters. The highest BCUT2D eigenvalue weighted by molar-refractivity contribution is 6.39. The number of nitrogens with zero attached hydrogens (tertiary/aromatic N) is 6. The summed E-state index contributed by atoms with van der Waals surface area (Å²) in [4.78, 5) is 23.3. The van der Waals surface area contributed by atoms with E-state index in [1.807, 2.05) is 68.4 Å². The third-order valence-corrected chi connectivity index (χ3v) is 9.81. The molecule has 0 aliphatic carbocycles. The lowest BCUT2D eigenvalue weighted by atomic mass is 10.1. The Labute approximate surface area is 359 Å². The van der Waals surface area contributed by atoms with Gasteiger partial charge in [-0.25, -0.2) is 29.9 Å². The molecule has 0 saturated heterocycles.